The van der Waals surface area contributed by atoms with Crippen molar-refractivity contribution in [2.45, 2.75) is 20.8 Å². The number of hydrogen-bond donors (Lipinski definition) is 1. The molecule has 3 aromatic rings. The van der Waals surface area contributed by atoms with E-state index in [2.05, 4.69) is 15.2 Å². The van der Waals surface area contributed by atoms with Crippen LogP contribution in [0.3, 0.4) is 0 Å². The van der Waals surface area contributed by atoms with Crippen LogP contribution in [0.4, 0.5) is 11.5 Å². The number of azo groups is 1. The van der Waals surface area contributed by atoms with E-state index in [4.69, 9.17) is 0 Å². The Balaban J connectivity index is 2.10. The van der Waals surface area contributed by atoms with Crippen LogP contribution in [0.15, 0.2) is 46.8 Å². The molecule has 5 nitrogen and oxygen atoms in total. The molecule has 0 unspecified atom stereocenters. The molecule has 0 spiro atoms. The number of aromatic hydroxyl groups is 1. The summed E-state index contributed by atoms with van der Waals surface area (Å²) in [5.74, 6) is 0.760. The molecular formula is C16H16N4O. The van der Waals surface area contributed by atoms with Crippen LogP contribution in [0.25, 0.3) is 5.65 Å². The fourth-order valence-corrected chi connectivity index (χ4v) is 2.22. The number of aromatic nitrogens is 2. The molecule has 5 heteroatoms. The van der Waals surface area contributed by atoms with Gasteiger partial charge in [0.05, 0.1) is 11.4 Å². The number of pyridine rings is 1. The van der Waals surface area contributed by atoms with Gasteiger partial charge in [-0.2, -0.15) is 0 Å². The summed E-state index contributed by atoms with van der Waals surface area (Å²) < 4.78 is 1.74. The van der Waals surface area contributed by atoms with Gasteiger partial charge < -0.3 is 5.11 Å². The highest BCUT2D eigenvalue weighted by Gasteiger charge is 2.10. The first-order valence-corrected chi connectivity index (χ1v) is 6.72. The molecular weight excluding hydrogens is 264 g/mol. The Hall–Kier alpha value is -2.69. The number of imidazole rings is 1. The van der Waals surface area contributed by atoms with E-state index in [1.165, 1.54) is 5.56 Å². The molecule has 0 radical (unpaired) electrons. The third-order valence-electron chi connectivity index (χ3n) is 3.60. The summed E-state index contributed by atoms with van der Waals surface area (Å²) in [6, 6.07) is 9.30. The average Bonchev–Trinajstić information content (AvgIpc) is 2.78. The molecule has 0 saturated carbocycles. The first-order chi connectivity index (χ1) is 10.1. The van der Waals surface area contributed by atoms with Crippen LogP contribution in [0.5, 0.6) is 5.75 Å². The van der Waals surface area contributed by atoms with Crippen molar-refractivity contribution in [3.8, 4) is 5.75 Å². The van der Waals surface area contributed by atoms with Crippen molar-refractivity contribution >= 4 is 17.2 Å². The van der Waals surface area contributed by atoms with E-state index >= 15 is 0 Å². The van der Waals surface area contributed by atoms with Crippen molar-refractivity contribution in [1.29, 1.82) is 0 Å². The third-order valence-corrected chi connectivity index (χ3v) is 3.60. The van der Waals surface area contributed by atoms with Crippen LogP contribution in [0.2, 0.25) is 0 Å². The van der Waals surface area contributed by atoms with Gasteiger partial charge in [-0.25, -0.2) is 4.98 Å². The number of benzene rings is 1. The van der Waals surface area contributed by atoms with Gasteiger partial charge in [-0.05, 0) is 50.1 Å². The van der Waals surface area contributed by atoms with E-state index in [0.717, 1.165) is 16.9 Å². The standard InChI is InChI=1S/C16H16N4O/c1-10-6-4-7-13(11(10)2)18-19-15-12(3)17-16-14(21)8-5-9-20(15)16/h4-9,21H,1-3H3. The van der Waals surface area contributed by atoms with Crippen molar-refractivity contribution in [1.82, 2.24) is 9.38 Å². The summed E-state index contributed by atoms with van der Waals surface area (Å²) in [6.07, 6.45) is 1.81. The molecule has 2 aromatic heterocycles. The summed E-state index contributed by atoms with van der Waals surface area (Å²) in [6.45, 7) is 5.92. The lowest BCUT2D eigenvalue weighted by atomic mass is 10.1. The van der Waals surface area contributed by atoms with E-state index in [1.54, 1.807) is 16.5 Å². The third kappa shape index (κ3) is 2.27. The molecule has 0 fully saturated rings. The van der Waals surface area contributed by atoms with Gasteiger partial charge in [0.1, 0.15) is 0 Å². The normalized spacial score (nSPS) is 11.6. The van der Waals surface area contributed by atoms with Crippen LogP contribution in [-0.4, -0.2) is 14.5 Å². The van der Waals surface area contributed by atoms with Crippen LogP contribution in [0, 0.1) is 20.8 Å². The minimum atomic E-state index is 0.133. The molecule has 0 amide bonds. The number of aryl methyl sites for hydroxylation is 2. The lowest BCUT2D eigenvalue weighted by molar-refractivity contribution is 0.477. The number of fused-ring (bicyclic) bond motifs is 1. The number of rotatable bonds is 2. The van der Waals surface area contributed by atoms with Gasteiger partial charge in [0.25, 0.3) is 0 Å². The second-order valence-electron chi connectivity index (χ2n) is 5.03. The fourth-order valence-electron chi connectivity index (χ4n) is 2.22. The SMILES string of the molecule is Cc1cccc(N=Nc2c(C)nc3c(O)cccn23)c1C. The van der Waals surface area contributed by atoms with Gasteiger partial charge in [0.15, 0.2) is 17.2 Å². The van der Waals surface area contributed by atoms with E-state index in [9.17, 15) is 5.11 Å². The van der Waals surface area contributed by atoms with Crippen molar-refractivity contribution in [3.05, 3.63) is 53.3 Å². The van der Waals surface area contributed by atoms with Crippen molar-refractivity contribution in [3.63, 3.8) is 0 Å². The zero-order valence-electron chi connectivity index (χ0n) is 12.2. The summed E-state index contributed by atoms with van der Waals surface area (Å²) in [5, 5.41) is 18.5. The van der Waals surface area contributed by atoms with Gasteiger partial charge in [0.2, 0.25) is 0 Å². The molecule has 2 heterocycles. The van der Waals surface area contributed by atoms with Crippen molar-refractivity contribution in [2.75, 3.05) is 0 Å². The lowest BCUT2D eigenvalue weighted by Crippen LogP contribution is -1.83. The Kier molecular flexibility index (Phi) is 3.17. The second kappa shape index (κ2) is 5.01. The molecule has 0 aliphatic carbocycles. The fraction of sp³-hybridized carbons (Fsp3) is 0.188. The molecule has 106 valence electrons. The first-order valence-electron chi connectivity index (χ1n) is 6.72. The summed E-state index contributed by atoms with van der Waals surface area (Å²) >= 11 is 0. The van der Waals surface area contributed by atoms with Crippen LogP contribution in [0.1, 0.15) is 16.8 Å². The van der Waals surface area contributed by atoms with E-state index in [1.807, 2.05) is 45.2 Å². The monoisotopic (exact) mass is 280 g/mol. The topological polar surface area (TPSA) is 62.2 Å². The molecule has 0 atom stereocenters. The molecule has 21 heavy (non-hydrogen) atoms. The van der Waals surface area contributed by atoms with E-state index < -0.39 is 0 Å². The maximum absolute atomic E-state index is 9.82. The molecule has 0 aliphatic heterocycles. The molecule has 1 N–H and O–H groups in total. The lowest BCUT2D eigenvalue weighted by Gasteiger charge is -2.02. The summed E-state index contributed by atoms with van der Waals surface area (Å²) in [7, 11) is 0. The summed E-state index contributed by atoms with van der Waals surface area (Å²) in [5.41, 5.74) is 4.34. The predicted molar refractivity (Wildman–Crippen MR) is 81.7 cm³/mol. The Bertz CT molecular complexity index is 849. The zero-order valence-corrected chi connectivity index (χ0v) is 12.2. The van der Waals surface area contributed by atoms with Crippen LogP contribution >= 0.6 is 0 Å². The first kappa shape index (κ1) is 13.3. The molecule has 0 saturated heterocycles. The second-order valence-corrected chi connectivity index (χ2v) is 5.03. The number of nitrogens with zero attached hydrogens (tertiary/aromatic N) is 4. The highest BCUT2D eigenvalue weighted by Crippen LogP contribution is 2.28. The van der Waals surface area contributed by atoms with E-state index in [-0.39, 0.29) is 5.75 Å². The zero-order chi connectivity index (χ0) is 15.0. The molecule has 0 aliphatic rings. The minimum Gasteiger partial charge on any atom is -0.504 e. The summed E-state index contributed by atoms with van der Waals surface area (Å²) in [4.78, 5) is 4.32. The van der Waals surface area contributed by atoms with Crippen LogP contribution < -0.4 is 0 Å². The molecule has 0 bridgehead atoms. The van der Waals surface area contributed by atoms with Gasteiger partial charge >= 0.3 is 0 Å². The van der Waals surface area contributed by atoms with Crippen molar-refractivity contribution in [2.24, 2.45) is 10.2 Å². The Morgan fingerprint density at radius 1 is 1.05 bits per heavy atom. The Morgan fingerprint density at radius 3 is 2.67 bits per heavy atom. The predicted octanol–water partition coefficient (Wildman–Crippen LogP) is 4.38. The Labute approximate surface area is 122 Å². The maximum Gasteiger partial charge on any atom is 0.182 e. The molecule has 1 aromatic carbocycles. The van der Waals surface area contributed by atoms with Gasteiger partial charge in [0, 0.05) is 6.20 Å². The van der Waals surface area contributed by atoms with Crippen LogP contribution in [-0.2, 0) is 0 Å². The maximum atomic E-state index is 9.82. The molecule has 3 rings (SSSR count). The highest BCUT2D eigenvalue weighted by molar-refractivity contribution is 5.60. The van der Waals surface area contributed by atoms with E-state index in [0.29, 0.717) is 11.5 Å². The minimum absolute atomic E-state index is 0.133. The Morgan fingerprint density at radius 2 is 1.86 bits per heavy atom. The average molecular weight is 280 g/mol. The smallest absolute Gasteiger partial charge is 0.182 e. The highest BCUT2D eigenvalue weighted by atomic mass is 16.3. The van der Waals surface area contributed by atoms with Gasteiger partial charge in [-0.1, -0.05) is 12.1 Å². The largest absolute Gasteiger partial charge is 0.504 e. The quantitative estimate of drug-likeness (QED) is 0.708. The van der Waals surface area contributed by atoms with Crippen molar-refractivity contribution < 1.29 is 5.11 Å². The van der Waals surface area contributed by atoms with Gasteiger partial charge in [-0.15, -0.1) is 10.2 Å². The van der Waals surface area contributed by atoms with Gasteiger partial charge in [-0.3, -0.25) is 4.40 Å². The number of hydrogen-bond acceptors (Lipinski definition) is 4.